The lowest BCUT2D eigenvalue weighted by atomic mass is 9.77. The van der Waals surface area contributed by atoms with Gasteiger partial charge in [0.1, 0.15) is 5.75 Å². The van der Waals surface area contributed by atoms with Crippen LogP contribution in [0.2, 0.25) is 0 Å². The molecule has 19 heavy (non-hydrogen) atoms. The van der Waals surface area contributed by atoms with Gasteiger partial charge in [-0.1, -0.05) is 6.07 Å². The van der Waals surface area contributed by atoms with Gasteiger partial charge in [0.25, 0.3) is 0 Å². The maximum atomic E-state index is 6.35. The lowest BCUT2D eigenvalue weighted by molar-refractivity contribution is 0.411. The van der Waals surface area contributed by atoms with E-state index in [0.29, 0.717) is 5.92 Å². The van der Waals surface area contributed by atoms with Crippen LogP contribution in [0.15, 0.2) is 35.0 Å². The van der Waals surface area contributed by atoms with Crippen LogP contribution in [0.25, 0.3) is 0 Å². The summed E-state index contributed by atoms with van der Waals surface area (Å²) in [6.45, 7) is 0. The Morgan fingerprint density at radius 3 is 3.00 bits per heavy atom. The molecule has 0 amide bonds. The van der Waals surface area contributed by atoms with Crippen molar-refractivity contribution >= 4 is 11.3 Å². The van der Waals surface area contributed by atoms with Gasteiger partial charge in [-0.3, -0.25) is 0 Å². The molecule has 3 heteroatoms. The Morgan fingerprint density at radius 2 is 2.26 bits per heavy atom. The number of aryl methyl sites for hydroxylation is 1. The quantitative estimate of drug-likeness (QED) is 0.930. The maximum absolute atomic E-state index is 6.35. The van der Waals surface area contributed by atoms with Gasteiger partial charge in [0.05, 0.1) is 7.11 Å². The molecular weight excluding hydrogens is 254 g/mol. The lowest BCUT2D eigenvalue weighted by Crippen LogP contribution is -2.34. The van der Waals surface area contributed by atoms with E-state index in [1.807, 2.05) is 0 Å². The van der Waals surface area contributed by atoms with E-state index >= 15 is 0 Å². The summed E-state index contributed by atoms with van der Waals surface area (Å²) in [7, 11) is 1.72. The van der Waals surface area contributed by atoms with Gasteiger partial charge >= 0.3 is 0 Å². The summed E-state index contributed by atoms with van der Waals surface area (Å²) in [5, 5.41) is 4.36. The fourth-order valence-electron chi connectivity index (χ4n) is 2.97. The third kappa shape index (κ3) is 2.53. The average Bonchev–Trinajstić information content (AvgIpc) is 2.94. The highest BCUT2D eigenvalue weighted by molar-refractivity contribution is 7.07. The zero-order chi connectivity index (χ0) is 13.2. The van der Waals surface area contributed by atoms with Gasteiger partial charge in [-0.25, -0.2) is 0 Å². The van der Waals surface area contributed by atoms with E-state index in [2.05, 4.69) is 35.0 Å². The molecule has 1 heterocycles. The Morgan fingerprint density at radius 1 is 1.37 bits per heavy atom. The van der Waals surface area contributed by atoms with Crippen LogP contribution in [0.1, 0.15) is 29.0 Å². The van der Waals surface area contributed by atoms with E-state index in [0.717, 1.165) is 25.0 Å². The molecule has 2 aromatic rings. The molecule has 0 bridgehead atoms. The van der Waals surface area contributed by atoms with Crippen molar-refractivity contribution in [2.24, 2.45) is 5.73 Å². The number of fused-ring (bicyclic) bond motifs is 1. The fourth-order valence-corrected chi connectivity index (χ4v) is 3.65. The molecule has 2 atom stereocenters. The zero-order valence-corrected chi connectivity index (χ0v) is 12.0. The van der Waals surface area contributed by atoms with Crippen molar-refractivity contribution < 1.29 is 4.74 Å². The van der Waals surface area contributed by atoms with Crippen molar-refractivity contribution in [1.82, 2.24) is 0 Å². The van der Waals surface area contributed by atoms with Gasteiger partial charge in [-0.05, 0) is 64.9 Å². The van der Waals surface area contributed by atoms with Crippen molar-refractivity contribution in [2.75, 3.05) is 7.11 Å². The predicted octanol–water partition coefficient (Wildman–Crippen LogP) is 3.36. The highest BCUT2D eigenvalue weighted by atomic mass is 32.1. The summed E-state index contributed by atoms with van der Waals surface area (Å²) in [5.74, 6) is 1.38. The molecule has 1 aromatic carbocycles. The third-order valence-electron chi connectivity index (χ3n) is 4.05. The molecule has 2 N–H and O–H groups in total. The number of benzene rings is 1. The molecule has 0 spiro atoms. The molecule has 1 aromatic heterocycles. The number of methoxy groups -OCH3 is 1. The van der Waals surface area contributed by atoms with Crippen molar-refractivity contribution in [2.45, 2.75) is 31.2 Å². The minimum atomic E-state index is 0.265. The number of thiophene rings is 1. The summed E-state index contributed by atoms with van der Waals surface area (Å²) >= 11 is 1.76. The van der Waals surface area contributed by atoms with E-state index in [1.165, 1.54) is 16.7 Å². The Labute approximate surface area is 118 Å². The molecule has 0 aliphatic heterocycles. The molecule has 0 radical (unpaired) electrons. The summed E-state index contributed by atoms with van der Waals surface area (Å²) in [5.41, 5.74) is 10.6. The Kier molecular flexibility index (Phi) is 3.58. The number of rotatable bonds is 3. The van der Waals surface area contributed by atoms with Crippen molar-refractivity contribution in [3.05, 3.63) is 51.7 Å². The minimum absolute atomic E-state index is 0.265. The normalized spacial score (nSPS) is 22.0. The number of hydrogen-bond acceptors (Lipinski definition) is 3. The first-order valence-electron chi connectivity index (χ1n) is 6.71. The van der Waals surface area contributed by atoms with Crippen LogP contribution in [-0.2, 0) is 12.8 Å². The standard InChI is InChI=1S/C16H19NOS/c1-18-13-3-4-14-12(9-13)2-5-16(17)15(14)8-11-6-7-19-10-11/h3-4,6-7,9-10,15-16H,2,5,8,17H2,1H3/t15-,16+/m0/s1. The summed E-state index contributed by atoms with van der Waals surface area (Å²) in [6, 6.07) is 8.89. The fraction of sp³-hybridized carbons (Fsp3) is 0.375. The Hall–Kier alpha value is -1.32. The topological polar surface area (TPSA) is 35.2 Å². The van der Waals surface area contributed by atoms with Gasteiger partial charge in [-0.15, -0.1) is 0 Å². The summed E-state index contributed by atoms with van der Waals surface area (Å²) < 4.78 is 5.32. The molecule has 1 aliphatic carbocycles. The molecule has 0 saturated carbocycles. The van der Waals surface area contributed by atoms with Gasteiger partial charge in [0.15, 0.2) is 0 Å². The zero-order valence-electron chi connectivity index (χ0n) is 11.1. The molecule has 0 saturated heterocycles. The largest absolute Gasteiger partial charge is 0.497 e. The number of nitrogens with two attached hydrogens (primary N) is 1. The van der Waals surface area contributed by atoms with E-state index < -0.39 is 0 Å². The second-order valence-electron chi connectivity index (χ2n) is 5.21. The van der Waals surface area contributed by atoms with E-state index in [4.69, 9.17) is 10.5 Å². The molecular formula is C16H19NOS. The molecule has 0 unspecified atom stereocenters. The Bertz CT molecular complexity index is 550. The average molecular weight is 273 g/mol. The number of ether oxygens (including phenoxy) is 1. The monoisotopic (exact) mass is 273 g/mol. The van der Waals surface area contributed by atoms with E-state index in [1.54, 1.807) is 18.4 Å². The van der Waals surface area contributed by atoms with Crippen LogP contribution < -0.4 is 10.5 Å². The van der Waals surface area contributed by atoms with Crippen LogP contribution >= 0.6 is 11.3 Å². The molecule has 2 nitrogen and oxygen atoms in total. The maximum Gasteiger partial charge on any atom is 0.119 e. The first-order valence-corrected chi connectivity index (χ1v) is 7.65. The lowest BCUT2D eigenvalue weighted by Gasteiger charge is -2.31. The molecule has 0 fully saturated rings. The third-order valence-corrected chi connectivity index (χ3v) is 4.78. The van der Waals surface area contributed by atoms with Crippen molar-refractivity contribution in [3.63, 3.8) is 0 Å². The van der Waals surface area contributed by atoms with Crippen LogP contribution in [0.4, 0.5) is 0 Å². The predicted molar refractivity (Wildman–Crippen MR) is 80.1 cm³/mol. The van der Waals surface area contributed by atoms with Gasteiger partial charge < -0.3 is 10.5 Å². The summed E-state index contributed by atoms with van der Waals surface area (Å²) in [6.07, 6.45) is 3.17. The minimum Gasteiger partial charge on any atom is -0.497 e. The second kappa shape index (κ2) is 5.35. The van der Waals surface area contributed by atoms with Crippen LogP contribution in [0.5, 0.6) is 5.75 Å². The van der Waals surface area contributed by atoms with E-state index in [9.17, 15) is 0 Å². The molecule has 1 aliphatic rings. The number of hydrogen-bond donors (Lipinski definition) is 1. The highest BCUT2D eigenvalue weighted by Gasteiger charge is 2.27. The second-order valence-corrected chi connectivity index (χ2v) is 5.99. The van der Waals surface area contributed by atoms with Crippen molar-refractivity contribution in [1.29, 1.82) is 0 Å². The first-order chi connectivity index (χ1) is 9.28. The van der Waals surface area contributed by atoms with E-state index in [-0.39, 0.29) is 6.04 Å². The molecule has 100 valence electrons. The van der Waals surface area contributed by atoms with Gasteiger partial charge in [-0.2, -0.15) is 11.3 Å². The van der Waals surface area contributed by atoms with Crippen LogP contribution in [-0.4, -0.2) is 13.2 Å². The smallest absolute Gasteiger partial charge is 0.119 e. The summed E-state index contributed by atoms with van der Waals surface area (Å²) in [4.78, 5) is 0. The Balaban J connectivity index is 1.92. The van der Waals surface area contributed by atoms with Crippen molar-refractivity contribution in [3.8, 4) is 5.75 Å². The SMILES string of the molecule is COc1ccc2c(c1)CC[C@@H](N)[C@H]2Cc1ccsc1. The van der Waals surface area contributed by atoms with Crippen LogP contribution in [0.3, 0.4) is 0 Å². The highest BCUT2D eigenvalue weighted by Crippen LogP contribution is 2.35. The van der Waals surface area contributed by atoms with Gasteiger partial charge in [0.2, 0.25) is 0 Å². The first kappa shape index (κ1) is 12.7. The van der Waals surface area contributed by atoms with Crippen LogP contribution in [0, 0.1) is 0 Å². The van der Waals surface area contributed by atoms with Gasteiger partial charge in [0, 0.05) is 12.0 Å². The molecule has 3 rings (SSSR count).